The summed E-state index contributed by atoms with van der Waals surface area (Å²) in [4.78, 5) is 24.5. The van der Waals surface area contributed by atoms with Gasteiger partial charge in [0.15, 0.2) is 6.10 Å². The van der Waals surface area contributed by atoms with Crippen molar-refractivity contribution in [1.29, 1.82) is 0 Å². The fourth-order valence-corrected chi connectivity index (χ4v) is 2.32. The maximum Gasteiger partial charge on any atom is 0.334 e. The number of halogens is 1. The number of anilines is 1. The number of methoxy groups -OCH3 is 1. The zero-order chi connectivity index (χ0) is 15.4. The molecule has 0 saturated carbocycles. The average Bonchev–Trinajstić information content (AvgIpc) is 2.47. The van der Waals surface area contributed by atoms with Gasteiger partial charge in [0.1, 0.15) is 5.75 Å². The molecule has 1 aromatic rings. The molecule has 2 N–H and O–H groups in total. The standard InChI is InChI=1S/C13H15BrN2O5/c1-20-10-3-2-8(14)6-9(10)15-13(19)16-4-5-21-11(7-16)12(17)18/h2-3,6,11H,4-5,7H2,1H3,(H,15,19)(H,17,18). The molecule has 1 aliphatic heterocycles. The second-order valence-corrected chi connectivity index (χ2v) is 5.33. The van der Waals surface area contributed by atoms with Crippen molar-refractivity contribution in [1.82, 2.24) is 4.90 Å². The van der Waals surface area contributed by atoms with Crippen LogP contribution in [0.4, 0.5) is 10.5 Å². The summed E-state index contributed by atoms with van der Waals surface area (Å²) in [5.74, 6) is -0.554. The van der Waals surface area contributed by atoms with Crippen LogP contribution in [-0.2, 0) is 9.53 Å². The van der Waals surface area contributed by atoms with Gasteiger partial charge in [-0.25, -0.2) is 9.59 Å². The number of rotatable bonds is 3. The summed E-state index contributed by atoms with van der Waals surface area (Å²) in [6.45, 7) is 0.545. The number of carbonyl (C=O) groups is 2. The Morgan fingerprint density at radius 1 is 1.52 bits per heavy atom. The van der Waals surface area contributed by atoms with Crippen LogP contribution in [-0.4, -0.2) is 54.9 Å². The molecule has 114 valence electrons. The van der Waals surface area contributed by atoms with Gasteiger partial charge in [0, 0.05) is 11.0 Å². The van der Waals surface area contributed by atoms with Crippen molar-refractivity contribution in [2.45, 2.75) is 6.10 Å². The lowest BCUT2D eigenvalue weighted by molar-refractivity contribution is -0.154. The Labute approximate surface area is 130 Å². The Kier molecular flexibility index (Phi) is 5.03. The van der Waals surface area contributed by atoms with Gasteiger partial charge in [-0.15, -0.1) is 0 Å². The van der Waals surface area contributed by atoms with E-state index in [2.05, 4.69) is 21.2 Å². The Bertz CT molecular complexity index is 551. The Hall–Kier alpha value is -1.80. The van der Waals surface area contributed by atoms with Crippen molar-refractivity contribution < 1.29 is 24.2 Å². The molecule has 0 radical (unpaired) electrons. The number of carboxylic acid groups (broad SMARTS) is 1. The average molecular weight is 359 g/mol. The first kappa shape index (κ1) is 15.6. The predicted molar refractivity (Wildman–Crippen MR) is 78.7 cm³/mol. The quantitative estimate of drug-likeness (QED) is 0.859. The first-order valence-corrected chi connectivity index (χ1v) is 7.04. The van der Waals surface area contributed by atoms with Crippen LogP contribution in [0.15, 0.2) is 22.7 Å². The summed E-state index contributed by atoms with van der Waals surface area (Å²) in [6.07, 6.45) is -0.992. The summed E-state index contributed by atoms with van der Waals surface area (Å²) in [5, 5.41) is 11.7. The van der Waals surface area contributed by atoms with Crippen LogP contribution in [0.3, 0.4) is 0 Å². The molecule has 1 heterocycles. The van der Waals surface area contributed by atoms with Crippen LogP contribution in [0.2, 0.25) is 0 Å². The molecule has 0 spiro atoms. The molecule has 1 fully saturated rings. The highest BCUT2D eigenvalue weighted by atomic mass is 79.9. The normalized spacial score (nSPS) is 18.2. The lowest BCUT2D eigenvalue weighted by atomic mass is 10.2. The maximum atomic E-state index is 12.2. The maximum absolute atomic E-state index is 12.2. The number of amides is 2. The third-order valence-electron chi connectivity index (χ3n) is 3.03. The van der Waals surface area contributed by atoms with E-state index >= 15 is 0 Å². The lowest BCUT2D eigenvalue weighted by Crippen LogP contribution is -2.49. The van der Waals surface area contributed by atoms with Crippen LogP contribution >= 0.6 is 15.9 Å². The number of urea groups is 1. The molecule has 0 bridgehead atoms. The molecule has 8 heteroatoms. The van der Waals surface area contributed by atoms with Crippen LogP contribution in [0, 0.1) is 0 Å². The SMILES string of the molecule is COc1ccc(Br)cc1NC(=O)N1CCOC(C(=O)O)C1. The molecule has 1 aromatic carbocycles. The van der Waals surface area contributed by atoms with E-state index in [-0.39, 0.29) is 19.2 Å². The number of carbonyl (C=O) groups excluding carboxylic acids is 1. The Morgan fingerprint density at radius 3 is 2.95 bits per heavy atom. The fourth-order valence-electron chi connectivity index (χ4n) is 1.96. The number of nitrogens with zero attached hydrogens (tertiary/aromatic N) is 1. The first-order chi connectivity index (χ1) is 10.0. The highest BCUT2D eigenvalue weighted by molar-refractivity contribution is 9.10. The fraction of sp³-hybridized carbons (Fsp3) is 0.385. The molecule has 1 atom stereocenters. The Morgan fingerprint density at radius 2 is 2.29 bits per heavy atom. The van der Waals surface area contributed by atoms with E-state index in [1.165, 1.54) is 12.0 Å². The van der Waals surface area contributed by atoms with Gasteiger partial charge in [0.25, 0.3) is 0 Å². The van der Waals surface area contributed by atoms with Crippen LogP contribution in [0.5, 0.6) is 5.75 Å². The number of hydrogen-bond donors (Lipinski definition) is 2. The van der Waals surface area contributed by atoms with Gasteiger partial charge >= 0.3 is 12.0 Å². The smallest absolute Gasteiger partial charge is 0.334 e. The van der Waals surface area contributed by atoms with E-state index in [1.54, 1.807) is 18.2 Å². The number of ether oxygens (including phenoxy) is 2. The molecule has 1 aliphatic rings. The van der Waals surface area contributed by atoms with Crippen molar-refractivity contribution in [3.05, 3.63) is 22.7 Å². The topological polar surface area (TPSA) is 88.1 Å². The molecular formula is C13H15BrN2O5. The minimum absolute atomic E-state index is 0.0114. The molecule has 0 aromatic heterocycles. The minimum atomic E-state index is -1.08. The van der Waals surface area contributed by atoms with Gasteiger partial charge < -0.3 is 24.8 Å². The lowest BCUT2D eigenvalue weighted by Gasteiger charge is -2.31. The second-order valence-electron chi connectivity index (χ2n) is 4.42. The van der Waals surface area contributed by atoms with Gasteiger partial charge in [0.2, 0.25) is 0 Å². The van der Waals surface area contributed by atoms with E-state index in [4.69, 9.17) is 14.6 Å². The summed E-state index contributed by atoms with van der Waals surface area (Å²) in [6, 6.07) is 4.84. The number of benzene rings is 1. The molecule has 1 unspecified atom stereocenters. The number of nitrogens with one attached hydrogen (secondary N) is 1. The van der Waals surface area contributed by atoms with E-state index < -0.39 is 12.1 Å². The summed E-state index contributed by atoms with van der Waals surface area (Å²) in [5.41, 5.74) is 0.509. The van der Waals surface area contributed by atoms with Crippen LogP contribution in [0.1, 0.15) is 0 Å². The monoisotopic (exact) mass is 358 g/mol. The molecule has 0 aliphatic carbocycles. The molecule has 1 saturated heterocycles. The van der Waals surface area contributed by atoms with Crippen LogP contribution in [0.25, 0.3) is 0 Å². The van der Waals surface area contributed by atoms with E-state index in [1.807, 2.05) is 0 Å². The van der Waals surface area contributed by atoms with Crippen molar-refractivity contribution in [2.24, 2.45) is 0 Å². The number of morpholine rings is 1. The van der Waals surface area contributed by atoms with Crippen molar-refractivity contribution >= 4 is 33.6 Å². The highest BCUT2D eigenvalue weighted by Gasteiger charge is 2.29. The molecule has 7 nitrogen and oxygen atoms in total. The van der Waals surface area contributed by atoms with Crippen LogP contribution < -0.4 is 10.1 Å². The van der Waals surface area contributed by atoms with Crippen molar-refractivity contribution in [2.75, 3.05) is 32.1 Å². The molecule has 2 amide bonds. The van der Waals surface area contributed by atoms with Gasteiger partial charge in [-0.2, -0.15) is 0 Å². The van der Waals surface area contributed by atoms with Gasteiger partial charge in [-0.1, -0.05) is 15.9 Å². The zero-order valence-electron chi connectivity index (χ0n) is 11.3. The largest absolute Gasteiger partial charge is 0.495 e. The summed E-state index contributed by atoms with van der Waals surface area (Å²) in [7, 11) is 1.51. The summed E-state index contributed by atoms with van der Waals surface area (Å²) >= 11 is 3.32. The predicted octanol–water partition coefficient (Wildman–Crippen LogP) is 1.77. The third-order valence-corrected chi connectivity index (χ3v) is 3.53. The van der Waals surface area contributed by atoms with E-state index in [9.17, 15) is 9.59 Å². The highest BCUT2D eigenvalue weighted by Crippen LogP contribution is 2.28. The zero-order valence-corrected chi connectivity index (χ0v) is 12.9. The van der Waals surface area contributed by atoms with Gasteiger partial charge in [0.05, 0.1) is 25.9 Å². The summed E-state index contributed by atoms with van der Waals surface area (Å²) < 4.78 is 11.1. The minimum Gasteiger partial charge on any atom is -0.495 e. The van der Waals surface area contributed by atoms with Gasteiger partial charge in [-0.05, 0) is 18.2 Å². The molecule has 2 rings (SSSR count). The van der Waals surface area contributed by atoms with E-state index in [0.717, 1.165) is 4.47 Å². The van der Waals surface area contributed by atoms with Crippen molar-refractivity contribution in [3.8, 4) is 5.75 Å². The first-order valence-electron chi connectivity index (χ1n) is 6.25. The number of aliphatic carboxylic acids is 1. The second kappa shape index (κ2) is 6.77. The molecular weight excluding hydrogens is 344 g/mol. The Balaban J connectivity index is 2.07. The number of hydrogen-bond acceptors (Lipinski definition) is 4. The van der Waals surface area contributed by atoms with Crippen molar-refractivity contribution in [3.63, 3.8) is 0 Å². The third kappa shape index (κ3) is 3.85. The van der Waals surface area contributed by atoms with Gasteiger partial charge in [-0.3, -0.25) is 0 Å². The van der Waals surface area contributed by atoms with E-state index in [0.29, 0.717) is 18.0 Å². The molecule has 21 heavy (non-hydrogen) atoms. The number of carboxylic acids is 1.